The predicted molar refractivity (Wildman–Crippen MR) is 96.5 cm³/mol. The first-order chi connectivity index (χ1) is 12.9. The lowest BCUT2D eigenvalue weighted by molar-refractivity contribution is -0.144. The zero-order chi connectivity index (χ0) is 19.4. The highest BCUT2D eigenvalue weighted by Crippen LogP contribution is 2.35. The molecule has 2 aromatic rings. The average Bonchev–Trinajstić information content (AvgIpc) is 2.90. The minimum absolute atomic E-state index is 0.283. The van der Waals surface area contributed by atoms with E-state index in [1.807, 2.05) is 0 Å². The summed E-state index contributed by atoms with van der Waals surface area (Å²) in [6, 6.07) is 16.7. The minimum atomic E-state index is -1.58. The molecule has 0 aromatic heterocycles. The SMILES string of the molecule is C[C@]1(Cl)C(=O)O[C@H](COC(=O)c2ccccc2)[C@H]1OC(=O)c1ccccc1. The molecule has 0 bridgehead atoms. The van der Waals surface area contributed by atoms with Crippen LogP contribution in [0.4, 0.5) is 0 Å². The second-order valence-corrected chi connectivity index (χ2v) is 6.96. The smallest absolute Gasteiger partial charge is 0.338 e. The van der Waals surface area contributed by atoms with Crippen LogP contribution in [0, 0.1) is 0 Å². The lowest BCUT2D eigenvalue weighted by Crippen LogP contribution is -2.43. The number of carbonyl (C=O) groups is 3. The third-order valence-electron chi connectivity index (χ3n) is 4.16. The van der Waals surface area contributed by atoms with Gasteiger partial charge in [0.25, 0.3) is 0 Å². The van der Waals surface area contributed by atoms with Crippen molar-refractivity contribution in [2.45, 2.75) is 24.0 Å². The zero-order valence-corrected chi connectivity index (χ0v) is 15.2. The number of halogens is 1. The van der Waals surface area contributed by atoms with E-state index in [9.17, 15) is 14.4 Å². The van der Waals surface area contributed by atoms with Crippen molar-refractivity contribution < 1.29 is 28.6 Å². The van der Waals surface area contributed by atoms with Gasteiger partial charge in [0.1, 0.15) is 6.61 Å². The molecule has 1 aliphatic heterocycles. The van der Waals surface area contributed by atoms with Crippen molar-refractivity contribution in [3.05, 3.63) is 71.8 Å². The van der Waals surface area contributed by atoms with Crippen molar-refractivity contribution in [3.8, 4) is 0 Å². The first-order valence-corrected chi connectivity index (χ1v) is 8.65. The standard InChI is InChI=1S/C20H17ClO6/c1-20(21)16(27-18(23)14-10-6-3-7-11-14)15(26-19(20)24)12-25-17(22)13-8-4-2-5-9-13/h2-11,15-16H,12H2,1H3/t15-,16-,20-/m1/s1. The summed E-state index contributed by atoms with van der Waals surface area (Å²) in [6.07, 6.45) is -2.11. The number of rotatable bonds is 5. The monoisotopic (exact) mass is 388 g/mol. The van der Waals surface area contributed by atoms with Crippen LogP contribution in [0.1, 0.15) is 27.6 Å². The average molecular weight is 389 g/mol. The van der Waals surface area contributed by atoms with Crippen molar-refractivity contribution in [2.24, 2.45) is 0 Å². The fraction of sp³-hybridized carbons (Fsp3) is 0.250. The van der Waals surface area contributed by atoms with Gasteiger partial charge < -0.3 is 14.2 Å². The van der Waals surface area contributed by atoms with Crippen LogP contribution < -0.4 is 0 Å². The van der Waals surface area contributed by atoms with Gasteiger partial charge in [-0.1, -0.05) is 36.4 Å². The zero-order valence-electron chi connectivity index (χ0n) is 14.5. The highest BCUT2D eigenvalue weighted by molar-refractivity contribution is 6.35. The maximum atomic E-state index is 12.3. The fourth-order valence-electron chi connectivity index (χ4n) is 2.66. The van der Waals surface area contributed by atoms with Crippen molar-refractivity contribution >= 4 is 29.5 Å². The summed E-state index contributed by atoms with van der Waals surface area (Å²) in [5.74, 6) is -1.97. The van der Waals surface area contributed by atoms with E-state index in [1.165, 1.54) is 6.92 Å². The largest absolute Gasteiger partial charge is 0.458 e. The summed E-state index contributed by atoms with van der Waals surface area (Å²) in [6.45, 7) is 1.12. The summed E-state index contributed by atoms with van der Waals surface area (Å²) in [4.78, 5) is 34.9. The molecule has 1 fully saturated rings. The molecule has 3 rings (SSSR count). The number of hydrogen-bond donors (Lipinski definition) is 0. The summed E-state index contributed by atoms with van der Waals surface area (Å²) in [5.41, 5.74) is 0.664. The molecule has 0 saturated carbocycles. The van der Waals surface area contributed by atoms with Crippen molar-refractivity contribution in [2.75, 3.05) is 6.61 Å². The molecule has 7 heteroatoms. The molecule has 0 spiro atoms. The molecule has 0 unspecified atom stereocenters. The van der Waals surface area contributed by atoms with Gasteiger partial charge in [0.15, 0.2) is 17.1 Å². The Morgan fingerprint density at radius 1 is 1.00 bits per heavy atom. The molecule has 0 radical (unpaired) electrons. The lowest BCUT2D eigenvalue weighted by Gasteiger charge is -2.23. The Bertz CT molecular complexity index is 834. The Labute approximate surface area is 161 Å². The van der Waals surface area contributed by atoms with E-state index in [1.54, 1.807) is 60.7 Å². The van der Waals surface area contributed by atoms with Crippen molar-refractivity contribution in [1.82, 2.24) is 0 Å². The van der Waals surface area contributed by atoms with Gasteiger partial charge in [0.2, 0.25) is 0 Å². The molecule has 0 aliphatic carbocycles. The number of benzene rings is 2. The number of ether oxygens (including phenoxy) is 3. The van der Waals surface area contributed by atoms with Gasteiger partial charge in [-0.15, -0.1) is 11.6 Å². The third kappa shape index (κ3) is 4.11. The molecule has 2 aromatic carbocycles. The number of alkyl halides is 1. The molecule has 1 heterocycles. The van der Waals surface area contributed by atoms with Gasteiger partial charge in [-0.3, -0.25) is 0 Å². The summed E-state index contributed by atoms with van der Waals surface area (Å²) < 4.78 is 15.8. The molecule has 27 heavy (non-hydrogen) atoms. The second kappa shape index (κ2) is 7.80. The van der Waals surface area contributed by atoms with E-state index in [0.29, 0.717) is 11.1 Å². The molecule has 1 saturated heterocycles. The fourth-order valence-corrected chi connectivity index (χ4v) is 2.89. The Balaban J connectivity index is 1.70. The van der Waals surface area contributed by atoms with Crippen molar-refractivity contribution in [3.63, 3.8) is 0 Å². The van der Waals surface area contributed by atoms with Crippen LogP contribution in [0.25, 0.3) is 0 Å². The summed E-state index contributed by atoms with van der Waals surface area (Å²) >= 11 is 6.25. The first kappa shape index (κ1) is 18.9. The van der Waals surface area contributed by atoms with Crippen LogP contribution >= 0.6 is 11.6 Å². The normalized spacial score (nSPS) is 24.1. The van der Waals surface area contributed by atoms with Gasteiger partial charge in [0, 0.05) is 0 Å². The van der Waals surface area contributed by atoms with E-state index in [0.717, 1.165) is 0 Å². The third-order valence-corrected chi connectivity index (χ3v) is 4.53. The molecule has 6 nitrogen and oxygen atoms in total. The van der Waals surface area contributed by atoms with E-state index in [-0.39, 0.29) is 6.61 Å². The maximum Gasteiger partial charge on any atom is 0.338 e. The number of carbonyl (C=O) groups excluding carboxylic acids is 3. The molecule has 3 atom stereocenters. The van der Waals surface area contributed by atoms with E-state index >= 15 is 0 Å². The first-order valence-electron chi connectivity index (χ1n) is 8.28. The second-order valence-electron chi connectivity index (χ2n) is 6.18. The predicted octanol–water partition coefficient (Wildman–Crippen LogP) is 2.99. The van der Waals surface area contributed by atoms with Gasteiger partial charge >= 0.3 is 17.9 Å². The van der Waals surface area contributed by atoms with E-state index in [2.05, 4.69) is 0 Å². The van der Waals surface area contributed by atoms with Gasteiger partial charge in [0.05, 0.1) is 11.1 Å². The lowest BCUT2D eigenvalue weighted by atomic mass is 10.0. The number of hydrogen-bond acceptors (Lipinski definition) is 6. The molecule has 1 aliphatic rings. The van der Waals surface area contributed by atoms with Crippen LogP contribution in [-0.2, 0) is 19.0 Å². The highest BCUT2D eigenvalue weighted by atomic mass is 35.5. The van der Waals surface area contributed by atoms with Crippen LogP contribution in [0.3, 0.4) is 0 Å². The van der Waals surface area contributed by atoms with E-state index < -0.39 is 35.0 Å². The van der Waals surface area contributed by atoms with Gasteiger partial charge in [-0.2, -0.15) is 0 Å². The molecule has 0 amide bonds. The van der Waals surface area contributed by atoms with Gasteiger partial charge in [-0.05, 0) is 31.2 Å². The molecular weight excluding hydrogens is 372 g/mol. The highest BCUT2D eigenvalue weighted by Gasteiger charge is 2.56. The van der Waals surface area contributed by atoms with Crippen molar-refractivity contribution in [1.29, 1.82) is 0 Å². The Kier molecular flexibility index (Phi) is 5.46. The van der Waals surface area contributed by atoms with Crippen LogP contribution in [0.5, 0.6) is 0 Å². The summed E-state index contributed by atoms with van der Waals surface area (Å²) in [5, 5.41) is 0. The molecule has 140 valence electrons. The molecular formula is C20H17ClO6. The Morgan fingerprint density at radius 3 is 2.07 bits per heavy atom. The van der Waals surface area contributed by atoms with Crippen LogP contribution in [0.2, 0.25) is 0 Å². The Hall–Kier alpha value is -2.86. The molecule has 0 N–H and O–H groups in total. The van der Waals surface area contributed by atoms with Gasteiger partial charge in [-0.25, -0.2) is 14.4 Å². The maximum absolute atomic E-state index is 12.3. The summed E-state index contributed by atoms with van der Waals surface area (Å²) in [7, 11) is 0. The van der Waals surface area contributed by atoms with Crippen LogP contribution in [0.15, 0.2) is 60.7 Å². The number of esters is 3. The number of cyclic esters (lactones) is 1. The topological polar surface area (TPSA) is 78.9 Å². The minimum Gasteiger partial charge on any atom is -0.458 e. The van der Waals surface area contributed by atoms with E-state index in [4.69, 9.17) is 25.8 Å². The quantitative estimate of drug-likeness (QED) is 0.445. The van der Waals surface area contributed by atoms with Crippen LogP contribution in [-0.4, -0.2) is 41.6 Å². The Morgan fingerprint density at radius 2 is 1.52 bits per heavy atom.